The van der Waals surface area contributed by atoms with E-state index in [1.54, 1.807) is 4.90 Å². The summed E-state index contributed by atoms with van der Waals surface area (Å²) in [5, 5.41) is 4.01. The van der Waals surface area contributed by atoms with Crippen LogP contribution in [0.2, 0.25) is 0 Å². The highest BCUT2D eigenvalue weighted by molar-refractivity contribution is 5.76. The number of quaternary nitrogens is 1. The minimum Gasteiger partial charge on any atom is -0.339 e. The SMILES string of the molecule is CC[NH+]1CCN(C(=O)CCc2nc(-c3ccc(C)cc3)no2)CC1. The average molecular weight is 329 g/mol. The molecule has 0 unspecified atom stereocenters. The van der Waals surface area contributed by atoms with Gasteiger partial charge in [-0.2, -0.15) is 4.98 Å². The van der Waals surface area contributed by atoms with E-state index in [4.69, 9.17) is 4.52 Å². The van der Waals surface area contributed by atoms with Crippen LogP contribution in [-0.2, 0) is 11.2 Å². The smallest absolute Gasteiger partial charge is 0.227 e. The molecule has 0 atom stereocenters. The maximum absolute atomic E-state index is 12.3. The molecule has 2 heterocycles. The van der Waals surface area contributed by atoms with Gasteiger partial charge in [-0.15, -0.1) is 0 Å². The summed E-state index contributed by atoms with van der Waals surface area (Å²) >= 11 is 0. The second kappa shape index (κ2) is 7.57. The Morgan fingerprint density at radius 3 is 2.62 bits per heavy atom. The van der Waals surface area contributed by atoms with Crippen LogP contribution in [0.25, 0.3) is 11.4 Å². The summed E-state index contributed by atoms with van der Waals surface area (Å²) in [7, 11) is 0. The Morgan fingerprint density at radius 1 is 1.25 bits per heavy atom. The number of piperazine rings is 1. The van der Waals surface area contributed by atoms with Gasteiger partial charge in [0.05, 0.1) is 32.7 Å². The maximum Gasteiger partial charge on any atom is 0.227 e. The lowest BCUT2D eigenvalue weighted by atomic mass is 10.1. The molecule has 1 aliphatic rings. The molecule has 128 valence electrons. The molecule has 1 fully saturated rings. The largest absolute Gasteiger partial charge is 0.339 e. The summed E-state index contributed by atoms with van der Waals surface area (Å²) in [6, 6.07) is 8.00. The first-order valence-corrected chi connectivity index (χ1v) is 8.66. The van der Waals surface area contributed by atoms with Gasteiger partial charge < -0.3 is 14.3 Å². The van der Waals surface area contributed by atoms with Crippen molar-refractivity contribution in [1.29, 1.82) is 0 Å². The number of hydrogen-bond donors (Lipinski definition) is 1. The van der Waals surface area contributed by atoms with Crippen LogP contribution in [0.3, 0.4) is 0 Å². The number of likely N-dealkylation sites (N-methyl/N-ethyl adjacent to an activating group) is 1. The number of nitrogens with zero attached hydrogens (tertiary/aromatic N) is 3. The minimum atomic E-state index is 0.181. The molecular formula is C18H25N4O2+. The first kappa shape index (κ1) is 16.6. The molecule has 1 aromatic heterocycles. The predicted octanol–water partition coefficient (Wildman–Crippen LogP) is 0.725. The molecular weight excluding hydrogens is 304 g/mol. The fourth-order valence-corrected chi connectivity index (χ4v) is 2.97. The summed E-state index contributed by atoms with van der Waals surface area (Å²) in [6.07, 6.45) is 0.926. The van der Waals surface area contributed by atoms with Crippen molar-refractivity contribution in [3.05, 3.63) is 35.7 Å². The molecule has 1 saturated heterocycles. The molecule has 1 N–H and O–H groups in total. The van der Waals surface area contributed by atoms with Crippen molar-refractivity contribution in [1.82, 2.24) is 15.0 Å². The number of benzene rings is 1. The van der Waals surface area contributed by atoms with Crippen LogP contribution in [0.4, 0.5) is 0 Å². The Bertz CT molecular complexity index is 673. The summed E-state index contributed by atoms with van der Waals surface area (Å²) < 4.78 is 5.29. The molecule has 0 radical (unpaired) electrons. The number of hydrogen-bond acceptors (Lipinski definition) is 4. The number of carbonyl (C=O) groups excluding carboxylic acids is 1. The molecule has 0 saturated carbocycles. The average Bonchev–Trinajstić information content (AvgIpc) is 3.09. The van der Waals surface area contributed by atoms with Crippen molar-refractivity contribution < 1.29 is 14.2 Å². The number of rotatable bonds is 5. The first-order valence-electron chi connectivity index (χ1n) is 8.66. The number of amides is 1. The van der Waals surface area contributed by atoms with Crippen molar-refractivity contribution in [2.75, 3.05) is 32.7 Å². The number of aryl methyl sites for hydroxylation is 2. The second-order valence-electron chi connectivity index (χ2n) is 6.36. The third-order valence-corrected chi connectivity index (χ3v) is 4.65. The van der Waals surface area contributed by atoms with Gasteiger partial charge >= 0.3 is 0 Å². The normalized spacial score (nSPS) is 15.7. The molecule has 3 rings (SSSR count). The highest BCUT2D eigenvalue weighted by atomic mass is 16.5. The van der Waals surface area contributed by atoms with E-state index in [1.165, 1.54) is 5.56 Å². The van der Waals surface area contributed by atoms with E-state index in [0.717, 1.165) is 38.3 Å². The number of carbonyl (C=O) groups is 1. The maximum atomic E-state index is 12.3. The summed E-state index contributed by atoms with van der Waals surface area (Å²) in [5.41, 5.74) is 2.12. The summed E-state index contributed by atoms with van der Waals surface area (Å²) in [5.74, 6) is 1.29. The van der Waals surface area contributed by atoms with E-state index in [-0.39, 0.29) is 5.91 Å². The molecule has 1 aromatic carbocycles. The lowest BCUT2D eigenvalue weighted by molar-refractivity contribution is -0.902. The zero-order valence-electron chi connectivity index (χ0n) is 14.4. The number of aromatic nitrogens is 2. The fraction of sp³-hybridized carbons (Fsp3) is 0.500. The highest BCUT2D eigenvalue weighted by Crippen LogP contribution is 2.17. The quantitative estimate of drug-likeness (QED) is 0.878. The van der Waals surface area contributed by atoms with E-state index in [0.29, 0.717) is 24.6 Å². The standard InChI is InChI=1S/C18H24N4O2/c1-3-21-10-12-22(13-11-21)17(23)9-8-16-19-18(20-24-16)15-6-4-14(2)5-7-15/h4-7H,3,8-13H2,1-2H3/p+1. The van der Waals surface area contributed by atoms with Crippen LogP contribution < -0.4 is 4.90 Å². The van der Waals surface area contributed by atoms with Gasteiger partial charge in [0.25, 0.3) is 0 Å². The van der Waals surface area contributed by atoms with E-state index in [9.17, 15) is 4.79 Å². The Labute approximate surface area is 142 Å². The zero-order valence-corrected chi connectivity index (χ0v) is 14.4. The Hall–Kier alpha value is -2.21. The fourth-order valence-electron chi connectivity index (χ4n) is 2.97. The van der Waals surface area contributed by atoms with Crippen LogP contribution in [0.5, 0.6) is 0 Å². The topological polar surface area (TPSA) is 63.7 Å². The van der Waals surface area contributed by atoms with Crippen LogP contribution >= 0.6 is 0 Å². The second-order valence-corrected chi connectivity index (χ2v) is 6.36. The Morgan fingerprint density at radius 2 is 1.96 bits per heavy atom. The molecule has 24 heavy (non-hydrogen) atoms. The molecule has 0 spiro atoms. The first-order chi connectivity index (χ1) is 11.7. The third-order valence-electron chi connectivity index (χ3n) is 4.65. The monoisotopic (exact) mass is 329 g/mol. The van der Waals surface area contributed by atoms with Gasteiger partial charge in [-0.1, -0.05) is 35.0 Å². The van der Waals surface area contributed by atoms with Crippen LogP contribution in [0, 0.1) is 6.92 Å². The van der Waals surface area contributed by atoms with Gasteiger partial charge in [0.15, 0.2) is 0 Å². The molecule has 0 aliphatic carbocycles. The van der Waals surface area contributed by atoms with Crippen molar-refractivity contribution in [2.24, 2.45) is 0 Å². The van der Waals surface area contributed by atoms with Gasteiger partial charge in [-0.25, -0.2) is 0 Å². The van der Waals surface area contributed by atoms with E-state index < -0.39 is 0 Å². The zero-order chi connectivity index (χ0) is 16.9. The van der Waals surface area contributed by atoms with Gasteiger partial charge in [0.2, 0.25) is 17.6 Å². The van der Waals surface area contributed by atoms with Gasteiger partial charge in [-0.3, -0.25) is 4.79 Å². The minimum absolute atomic E-state index is 0.181. The highest BCUT2D eigenvalue weighted by Gasteiger charge is 2.22. The van der Waals surface area contributed by atoms with E-state index in [2.05, 4.69) is 17.1 Å². The van der Waals surface area contributed by atoms with Gasteiger partial charge in [0.1, 0.15) is 0 Å². The van der Waals surface area contributed by atoms with Crippen molar-refractivity contribution in [2.45, 2.75) is 26.7 Å². The molecule has 2 aromatic rings. The summed E-state index contributed by atoms with van der Waals surface area (Å²) in [6.45, 7) is 9.14. The number of nitrogens with one attached hydrogen (secondary N) is 1. The van der Waals surface area contributed by atoms with Crippen molar-refractivity contribution in [3.63, 3.8) is 0 Å². The van der Waals surface area contributed by atoms with Crippen LogP contribution in [0.1, 0.15) is 24.8 Å². The lowest BCUT2D eigenvalue weighted by Gasteiger charge is -2.31. The Kier molecular flexibility index (Phi) is 5.25. The van der Waals surface area contributed by atoms with Crippen molar-refractivity contribution in [3.8, 4) is 11.4 Å². The molecule has 6 nitrogen and oxygen atoms in total. The van der Waals surface area contributed by atoms with Gasteiger partial charge in [-0.05, 0) is 13.8 Å². The van der Waals surface area contributed by atoms with Crippen molar-refractivity contribution >= 4 is 5.91 Å². The van der Waals surface area contributed by atoms with E-state index >= 15 is 0 Å². The van der Waals surface area contributed by atoms with Gasteiger partial charge in [0, 0.05) is 18.4 Å². The molecule has 1 amide bonds. The van der Waals surface area contributed by atoms with Crippen LogP contribution in [0.15, 0.2) is 28.8 Å². The molecule has 6 heteroatoms. The molecule has 1 aliphatic heterocycles. The Balaban J connectivity index is 1.52. The predicted molar refractivity (Wildman–Crippen MR) is 90.6 cm³/mol. The van der Waals surface area contributed by atoms with E-state index in [1.807, 2.05) is 36.1 Å². The van der Waals surface area contributed by atoms with Crippen LogP contribution in [-0.4, -0.2) is 53.7 Å². The third kappa shape index (κ3) is 4.00. The summed E-state index contributed by atoms with van der Waals surface area (Å²) in [4.78, 5) is 20.2. The molecule has 0 bridgehead atoms. The lowest BCUT2D eigenvalue weighted by Crippen LogP contribution is -3.14.